The molecule has 1 aromatic heterocycles. The molecule has 2 aromatic rings. The molecule has 3 aliphatic rings. The Labute approximate surface area is 169 Å². The van der Waals surface area contributed by atoms with E-state index >= 15 is 0 Å². The molecule has 0 spiro atoms. The van der Waals surface area contributed by atoms with Crippen molar-refractivity contribution in [2.45, 2.75) is 23.9 Å². The van der Waals surface area contributed by atoms with Gasteiger partial charge in [0, 0.05) is 16.2 Å². The average molecular weight is 412 g/mol. The standard InChI is InChI=1S/C20H16N2O4S2/c23-14(9-12-7-4-8-27-12)21-15-18(24)22-16-13(10-28-19(15)22)17(26-20(16)25)11-5-2-1-3-6-11/h1-8,15,17,19H,9-10H2,(H,21,23)/t15-,17?,19+/m1/s1. The monoisotopic (exact) mass is 412 g/mol. The second kappa shape index (κ2) is 6.79. The predicted octanol–water partition coefficient (Wildman–Crippen LogP) is 2.24. The van der Waals surface area contributed by atoms with Gasteiger partial charge in [0.05, 0.1) is 6.42 Å². The Balaban J connectivity index is 1.34. The molecule has 0 saturated carbocycles. The number of thiophene rings is 1. The Morgan fingerprint density at radius 1 is 1.18 bits per heavy atom. The van der Waals surface area contributed by atoms with Gasteiger partial charge in [0.2, 0.25) is 5.91 Å². The van der Waals surface area contributed by atoms with E-state index < -0.39 is 18.1 Å². The number of β-lactam (4-membered cyclic amide) rings is 1. The SMILES string of the molecule is O=C(Cc1cccs1)N[C@@H]1C(=O)N2C3=C(CS[C@@H]12)C(c1ccccc1)OC3=O. The summed E-state index contributed by atoms with van der Waals surface area (Å²) in [5.74, 6) is -0.315. The maximum absolute atomic E-state index is 12.7. The van der Waals surface area contributed by atoms with Gasteiger partial charge >= 0.3 is 5.97 Å². The molecule has 2 amide bonds. The average Bonchev–Trinajstić information content (AvgIpc) is 3.33. The second-order valence-corrected chi connectivity index (χ2v) is 8.92. The van der Waals surface area contributed by atoms with E-state index in [0.717, 1.165) is 16.0 Å². The van der Waals surface area contributed by atoms with Gasteiger partial charge in [0.1, 0.15) is 17.1 Å². The molecule has 8 heteroatoms. The van der Waals surface area contributed by atoms with Gasteiger partial charge in [-0.3, -0.25) is 14.5 Å². The Hall–Kier alpha value is -2.58. The van der Waals surface area contributed by atoms with Crippen LogP contribution in [0.1, 0.15) is 16.5 Å². The lowest BCUT2D eigenvalue weighted by Crippen LogP contribution is -2.70. The first kappa shape index (κ1) is 17.5. The van der Waals surface area contributed by atoms with Crippen LogP contribution in [0.3, 0.4) is 0 Å². The molecule has 1 aromatic carbocycles. The van der Waals surface area contributed by atoms with E-state index in [4.69, 9.17) is 4.74 Å². The molecule has 3 atom stereocenters. The third-order valence-electron chi connectivity index (χ3n) is 5.07. The number of benzene rings is 1. The lowest BCUT2D eigenvalue weighted by atomic mass is 9.99. The van der Waals surface area contributed by atoms with Crippen LogP contribution in [0.5, 0.6) is 0 Å². The molecule has 142 valence electrons. The van der Waals surface area contributed by atoms with E-state index in [-0.39, 0.29) is 23.6 Å². The molecular weight excluding hydrogens is 396 g/mol. The van der Waals surface area contributed by atoms with Gasteiger partial charge in [-0.1, -0.05) is 36.4 Å². The molecule has 0 bridgehead atoms. The number of esters is 1. The summed E-state index contributed by atoms with van der Waals surface area (Å²) in [4.78, 5) is 39.9. The van der Waals surface area contributed by atoms with Gasteiger partial charge < -0.3 is 10.1 Å². The van der Waals surface area contributed by atoms with Crippen LogP contribution >= 0.6 is 23.1 Å². The normalized spacial score (nSPS) is 25.7. The number of hydrogen-bond donors (Lipinski definition) is 1. The van der Waals surface area contributed by atoms with Gasteiger partial charge in [0.25, 0.3) is 5.91 Å². The smallest absolute Gasteiger partial charge is 0.356 e. The molecular formula is C20H16N2O4S2. The number of ether oxygens (including phenoxy) is 1. The van der Waals surface area contributed by atoms with Crippen LogP contribution in [0.4, 0.5) is 0 Å². The number of cyclic esters (lactones) is 1. The minimum absolute atomic E-state index is 0.183. The van der Waals surface area contributed by atoms with Crippen molar-refractivity contribution in [1.82, 2.24) is 10.2 Å². The summed E-state index contributed by atoms with van der Waals surface area (Å²) in [5.41, 5.74) is 2.08. The molecule has 1 N–H and O–H groups in total. The number of rotatable bonds is 4. The van der Waals surface area contributed by atoms with Gasteiger partial charge in [-0.15, -0.1) is 23.1 Å². The van der Waals surface area contributed by atoms with Crippen molar-refractivity contribution in [2.75, 3.05) is 5.75 Å². The summed E-state index contributed by atoms with van der Waals surface area (Å²) < 4.78 is 5.58. The molecule has 5 rings (SSSR count). The molecule has 3 aliphatic heterocycles. The fourth-order valence-corrected chi connectivity index (χ4v) is 5.84. The number of amides is 2. The fourth-order valence-electron chi connectivity index (χ4n) is 3.76. The molecule has 1 saturated heterocycles. The lowest BCUT2D eigenvalue weighted by molar-refractivity contribution is -0.151. The largest absolute Gasteiger partial charge is 0.448 e. The Bertz CT molecular complexity index is 987. The van der Waals surface area contributed by atoms with Crippen molar-refractivity contribution < 1.29 is 19.1 Å². The highest BCUT2D eigenvalue weighted by molar-refractivity contribution is 8.00. The van der Waals surface area contributed by atoms with E-state index in [9.17, 15) is 14.4 Å². The van der Waals surface area contributed by atoms with Crippen molar-refractivity contribution in [1.29, 1.82) is 0 Å². The van der Waals surface area contributed by atoms with Crippen molar-refractivity contribution in [3.05, 3.63) is 69.6 Å². The number of nitrogens with zero attached hydrogens (tertiary/aromatic N) is 1. The van der Waals surface area contributed by atoms with Crippen LogP contribution in [0, 0.1) is 0 Å². The minimum atomic E-state index is -0.602. The number of nitrogens with one attached hydrogen (secondary N) is 1. The third kappa shape index (κ3) is 2.75. The van der Waals surface area contributed by atoms with Crippen molar-refractivity contribution >= 4 is 40.9 Å². The molecule has 6 nitrogen and oxygen atoms in total. The van der Waals surface area contributed by atoms with E-state index in [2.05, 4.69) is 5.32 Å². The summed E-state index contributed by atoms with van der Waals surface area (Å²) in [6.07, 6.45) is -0.192. The Morgan fingerprint density at radius 2 is 2.00 bits per heavy atom. The molecule has 1 fully saturated rings. The van der Waals surface area contributed by atoms with Gasteiger partial charge in [0.15, 0.2) is 6.10 Å². The van der Waals surface area contributed by atoms with E-state index in [0.29, 0.717) is 11.4 Å². The summed E-state index contributed by atoms with van der Waals surface area (Å²) in [5, 5.41) is 4.47. The molecule has 0 radical (unpaired) electrons. The number of hydrogen-bond acceptors (Lipinski definition) is 6. The van der Waals surface area contributed by atoms with Crippen molar-refractivity contribution in [3.63, 3.8) is 0 Å². The van der Waals surface area contributed by atoms with Crippen molar-refractivity contribution in [2.24, 2.45) is 0 Å². The highest BCUT2D eigenvalue weighted by Gasteiger charge is 2.57. The number of fused-ring (bicyclic) bond motifs is 2. The molecule has 1 unspecified atom stereocenters. The zero-order chi connectivity index (χ0) is 19.3. The highest BCUT2D eigenvalue weighted by atomic mass is 32.2. The van der Waals surface area contributed by atoms with Crippen molar-refractivity contribution in [3.8, 4) is 0 Å². The molecule has 4 heterocycles. The quantitative estimate of drug-likeness (QED) is 0.616. The number of carbonyl (C=O) groups is 3. The summed E-state index contributed by atoms with van der Waals surface area (Å²) in [6, 6.07) is 12.7. The topological polar surface area (TPSA) is 75.7 Å². The Kier molecular flexibility index (Phi) is 4.25. The maximum Gasteiger partial charge on any atom is 0.356 e. The first-order chi connectivity index (χ1) is 13.6. The van der Waals surface area contributed by atoms with E-state index in [1.54, 1.807) is 11.8 Å². The van der Waals surface area contributed by atoms with Crippen LogP contribution in [0.15, 0.2) is 59.1 Å². The third-order valence-corrected chi connectivity index (χ3v) is 7.24. The Morgan fingerprint density at radius 3 is 2.75 bits per heavy atom. The van der Waals surface area contributed by atoms with E-state index in [1.165, 1.54) is 16.2 Å². The van der Waals surface area contributed by atoms with E-state index in [1.807, 2.05) is 47.8 Å². The predicted molar refractivity (Wildman–Crippen MR) is 105 cm³/mol. The lowest BCUT2D eigenvalue weighted by Gasteiger charge is -2.48. The summed E-state index contributed by atoms with van der Waals surface area (Å²) in [7, 11) is 0. The van der Waals surface area contributed by atoms with Crippen LogP contribution in [-0.4, -0.2) is 39.9 Å². The first-order valence-electron chi connectivity index (χ1n) is 8.89. The zero-order valence-electron chi connectivity index (χ0n) is 14.7. The van der Waals surface area contributed by atoms with Gasteiger partial charge in [-0.25, -0.2) is 4.79 Å². The fraction of sp³-hybridized carbons (Fsp3) is 0.250. The minimum Gasteiger partial charge on any atom is -0.448 e. The maximum atomic E-state index is 12.7. The molecule has 28 heavy (non-hydrogen) atoms. The summed E-state index contributed by atoms with van der Waals surface area (Å²) >= 11 is 3.06. The van der Waals surface area contributed by atoms with Gasteiger partial charge in [-0.05, 0) is 17.0 Å². The summed E-state index contributed by atoms with van der Waals surface area (Å²) in [6.45, 7) is 0. The first-order valence-corrected chi connectivity index (χ1v) is 10.8. The zero-order valence-corrected chi connectivity index (χ0v) is 16.3. The van der Waals surface area contributed by atoms with Crippen LogP contribution in [0.25, 0.3) is 0 Å². The molecule has 0 aliphatic carbocycles. The van der Waals surface area contributed by atoms with Crippen LogP contribution in [0.2, 0.25) is 0 Å². The second-order valence-electron chi connectivity index (χ2n) is 6.78. The van der Waals surface area contributed by atoms with Gasteiger partial charge in [-0.2, -0.15) is 0 Å². The highest BCUT2D eigenvalue weighted by Crippen LogP contribution is 2.48. The number of carbonyl (C=O) groups excluding carboxylic acids is 3. The van der Waals surface area contributed by atoms with Crippen LogP contribution in [-0.2, 0) is 25.5 Å². The number of thioether (sulfide) groups is 1. The van der Waals surface area contributed by atoms with Crippen LogP contribution < -0.4 is 5.32 Å².